The molecule has 1 aromatic rings. The van der Waals surface area contributed by atoms with Gasteiger partial charge in [0.25, 0.3) is 6.43 Å². The lowest BCUT2D eigenvalue weighted by molar-refractivity contribution is -0.133. The Morgan fingerprint density at radius 2 is 2.00 bits per heavy atom. The maximum Gasteiger partial charge on any atom is 0.266 e. The first-order valence-electron chi connectivity index (χ1n) is 8.65. The lowest BCUT2D eigenvalue weighted by atomic mass is 9.95. The summed E-state index contributed by atoms with van der Waals surface area (Å²) in [5, 5.41) is 7.66. The standard InChI is InChI=1S/C17H23F4N5O/c1-8(9-4-5-10(14(20)21)11(19)6-9)26-15-13(12(7-18)24-26)16(27)23-17(22-15)25(2)3/h4-6,8,12-15,17,22,24H,7H2,1-3H3,(H,23,27). The molecule has 0 radical (unpaired) electrons. The van der Waals surface area contributed by atoms with Gasteiger partial charge in [0.2, 0.25) is 5.91 Å². The molecule has 0 spiro atoms. The van der Waals surface area contributed by atoms with Crippen LogP contribution in [0.5, 0.6) is 0 Å². The fraction of sp³-hybridized carbons (Fsp3) is 0.588. The molecule has 1 amide bonds. The number of carbonyl (C=O) groups is 1. The molecule has 2 aliphatic heterocycles. The molecule has 3 rings (SSSR count). The minimum Gasteiger partial charge on any atom is -0.327 e. The second kappa shape index (κ2) is 7.70. The largest absolute Gasteiger partial charge is 0.327 e. The molecule has 2 saturated heterocycles. The van der Waals surface area contributed by atoms with E-state index < -0.39 is 54.9 Å². The maximum atomic E-state index is 14.0. The second-order valence-corrected chi connectivity index (χ2v) is 7.07. The van der Waals surface area contributed by atoms with Gasteiger partial charge in [-0.15, -0.1) is 0 Å². The van der Waals surface area contributed by atoms with E-state index in [4.69, 9.17) is 0 Å². The predicted molar refractivity (Wildman–Crippen MR) is 90.5 cm³/mol. The summed E-state index contributed by atoms with van der Waals surface area (Å²) in [5.74, 6) is -1.96. The van der Waals surface area contributed by atoms with E-state index in [1.54, 1.807) is 30.9 Å². The minimum absolute atomic E-state index is 0.290. The van der Waals surface area contributed by atoms with Gasteiger partial charge in [0.1, 0.15) is 18.8 Å². The van der Waals surface area contributed by atoms with E-state index in [0.717, 1.165) is 12.1 Å². The van der Waals surface area contributed by atoms with Crippen LogP contribution in [-0.4, -0.2) is 55.1 Å². The third-order valence-corrected chi connectivity index (χ3v) is 5.14. The van der Waals surface area contributed by atoms with Crippen molar-refractivity contribution in [1.82, 2.24) is 26.0 Å². The summed E-state index contributed by atoms with van der Waals surface area (Å²) in [7, 11) is 3.55. The van der Waals surface area contributed by atoms with Crippen LogP contribution in [0, 0.1) is 11.7 Å². The van der Waals surface area contributed by atoms with E-state index in [1.165, 1.54) is 6.07 Å². The maximum absolute atomic E-state index is 14.0. The van der Waals surface area contributed by atoms with Crippen molar-refractivity contribution in [3.05, 3.63) is 35.1 Å². The normalized spacial score (nSPS) is 29.9. The van der Waals surface area contributed by atoms with Crippen LogP contribution in [-0.2, 0) is 4.79 Å². The van der Waals surface area contributed by atoms with Gasteiger partial charge >= 0.3 is 0 Å². The molecule has 5 atom stereocenters. The van der Waals surface area contributed by atoms with Crippen molar-refractivity contribution in [2.24, 2.45) is 5.92 Å². The van der Waals surface area contributed by atoms with E-state index in [2.05, 4.69) is 16.1 Å². The molecule has 5 unspecified atom stereocenters. The van der Waals surface area contributed by atoms with Gasteiger partial charge in [-0.25, -0.2) is 28.0 Å². The zero-order valence-electron chi connectivity index (χ0n) is 15.2. The summed E-state index contributed by atoms with van der Waals surface area (Å²) < 4.78 is 53.0. The number of nitrogens with zero attached hydrogens (tertiary/aromatic N) is 2. The Morgan fingerprint density at radius 3 is 2.56 bits per heavy atom. The van der Waals surface area contributed by atoms with Crippen LogP contribution in [0.1, 0.15) is 30.5 Å². The molecule has 150 valence electrons. The summed E-state index contributed by atoms with van der Waals surface area (Å²) in [6.07, 6.45) is -3.89. The Balaban J connectivity index is 1.88. The highest BCUT2D eigenvalue weighted by molar-refractivity contribution is 5.81. The minimum atomic E-state index is -2.90. The Bertz CT molecular complexity index is 704. The number of hydrogen-bond donors (Lipinski definition) is 3. The molecular formula is C17H23F4N5O. The van der Waals surface area contributed by atoms with Crippen LogP contribution in [0.3, 0.4) is 0 Å². The first-order chi connectivity index (χ1) is 12.7. The van der Waals surface area contributed by atoms with E-state index in [0.29, 0.717) is 5.56 Å². The van der Waals surface area contributed by atoms with Crippen LogP contribution >= 0.6 is 0 Å². The number of hydrogen-bond acceptors (Lipinski definition) is 5. The lowest BCUT2D eigenvalue weighted by Gasteiger charge is -2.41. The average Bonchev–Trinajstić information content (AvgIpc) is 2.99. The van der Waals surface area contributed by atoms with Crippen molar-refractivity contribution in [3.8, 4) is 0 Å². The molecular weight excluding hydrogens is 366 g/mol. The Labute approximate surface area is 154 Å². The quantitative estimate of drug-likeness (QED) is 0.667. The number of hydrazine groups is 1. The van der Waals surface area contributed by atoms with E-state index in [-0.39, 0.29) is 5.91 Å². The van der Waals surface area contributed by atoms with Gasteiger partial charge in [0.05, 0.1) is 23.7 Å². The van der Waals surface area contributed by atoms with Gasteiger partial charge in [-0.05, 0) is 32.6 Å². The van der Waals surface area contributed by atoms with Crippen LogP contribution in [0.15, 0.2) is 18.2 Å². The number of alkyl halides is 3. The van der Waals surface area contributed by atoms with Crippen LogP contribution < -0.4 is 16.1 Å². The number of halogens is 4. The SMILES string of the molecule is CC(c1ccc(C(F)F)c(F)c1)N1NC(CF)C2C(=O)NC(N(C)C)NC21. The second-order valence-electron chi connectivity index (χ2n) is 7.07. The third kappa shape index (κ3) is 3.66. The van der Waals surface area contributed by atoms with Gasteiger partial charge in [-0.2, -0.15) is 0 Å². The fourth-order valence-electron chi connectivity index (χ4n) is 3.59. The molecule has 10 heteroatoms. The van der Waals surface area contributed by atoms with Crippen molar-refractivity contribution in [2.45, 2.75) is 37.9 Å². The number of benzene rings is 1. The molecule has 0 aromatic heterocycles. The summed E-state index contributed by atoms with van der Waals surface area (Å²) in [4.78, 5) is 14.2. The van der Waals surface area contributed by atoms with Gasteiger partial charge in [0, 0.05) is 6.04 Å². The van der Waals surface area contributed by atoms with E-state index in [1.807, 2.05) is 0 Å². The van der Waals surface area contributed by atoms with Gasteiger partial charge in [-0.3, -0.25) is 15.0 Å². The summed E-state index contributed by atoms with van der Waals surface area (Å²) in [6.45, 7) is 0.977. The molecule has 2 fully saturated rings. The molecule has 6 nitrogen and oxygen atoms in total. The summed E-state index contributed by atoms with van der Waals surface area (Å²) in [6, 6.07) is 2.30. The van der Waals surface area contributed by atoms with Crippen molar-refractivity contribution in [1.29, 1.82) is 0 Å². The lowest BCUT2D eigenvalue weighted by Crippen LogP contribution is -2.68. The topological polar surface area (TPSA) is 59.6 Å². The highest BCUT2D eigenvalue weighted by Gasteiger charge is 2.51. The average molecular weight is 389 g/mol. The van der Waals surface area contributed by atoms with Crippen LogP contribution in [0.4, 0.5) is 17.6 Å². The van der Waals surface area contributed by atoms with Crippen molar-refractivity contribution in [2.75, 3.05) is 20.8 Å². The summed E-state index contributed by atoms with van der Waals surface area (Å²) in [5.41, 5.74) is 2.75. The van der Waals surface area contributed by atoms with E-state index in [9.17, 15) is 22.4 Å². The van der Waals surface area contributed by atoms with Crippen LogP contribution in [0.25, 0.3) is 0 Å². The monoisotopic (exact) mass is 389 g/mol. The molecule has 3 N–H and O–H groups in total. The summed E-state index contributed by atoms with van der Waals surface area (Å²) >= 11 is 0. The third-order valence-electron chi connectivity index (χ3n) is 5.14. The highest BCUT2D eigenvalue weighted by atomic mass is 19.3. The Morgan fingerprint density at radius 1 is 1.30 bits per heavy atom. The molecule has 0 bridgehead atoms. The first kappa shape index (κ1) is 20.0. The van der Waals surface area contributed by atoms with Crippen molar-refractivity contribution in [3.63, 3.8) is 0 Å². The Kier molecular flexibility index (Phi) is 5.71. The van der Waals surface area contributed by atoms with Gasteiger partial charge in [-0.1, -0.05) is 12.1 Å². The smallest absolute Gasteiger partial charge is 0.266 e. The fourth-order valence-corrected chi connectivity index (χ4v) is 3.59. The molecule has 0 saturated carbocycles. The van der Waals surface area contributed by atoms with Crippen molar-refractivity contribution < 1.29 is 22.4 Å². The number of rotatable bonds is 5. The zero-order chi connectivity index (χ0) is 19.9. The van der Waals surface area contributed by atoms with Crippen LogP contribution in [0.2, 0.25) is 0 Å². The van der Waals surface area contributed by atoms with Gasteiger partial charge in [0.15, 0.2) is 0 Å². The number of fused-ring (bicyclic) bond motifs is 1. The molecule has 2 aliphatic rings. The molecule has 2 heterocycles. The highest BCUT2D eigenvalue weighted by Crippen LogP contribution is 2.33. The first-order valence-corrected chi connectivity index (χ1v) is 8.65. The number of carbonyl (C=O) groups excluding carboxylic acids is 1. The molecule has 27 heavy (non-hydrogen) atoms. The number of amides is 1. The molecule has 1 aromatic carbocycles. The zero-order valence-corrected chi connectivity index (χ0v) is 15.2. The number of nitrogens with one attached hydrogen (secondary N) is 3. The Hall–Kier alpha value is -1.75. The predicted octanol–water partition coefficient (Wildman–Crippen LogP) is 1.49. The van der Waals surface area contributed by atoms with E-state index >= 15 is 0 Å². The van der Waals surface area contributed by atoms with Gasteiger partial charge < -0.3 is 5.32 Å². The van der Waals surface area contributed by atoms with Crippen molar-refractivity contribution >= 4 is 5.91 Å². The molecule has 0 aliphatic carbocycles.